The van der Waals surface area contributed by atoms with Crippen LogP contribution in [0.1, 0.15) is 64.7 Å². The number of hydrogen-bond donors (Lipinski definition) is 4. The fourth-order valence-corrected chi connectivity index (χ4v) is 2.31. The number of allylic oxidation sites excluding steroid dienone is 3. The van der Waals surface area contributed by atoms with E-state index in [0.29, 0.717) is 25.7 Å². The molecule has 0 radical (unpaired) electrons. The molecule has 5 nitrogen and oxygen atoms in total. The Bertz CT molecular complexity index is 351. The molecule has 0 amide bonds. The molecular formula is C18H32O5. The fourth-order valence-electron chi connectivity index (χ4n) is 2.31. The van der Waals surface area contributed by atoms with E-state index in [1.807, 2.05) is 6.08 Å². The molecule has 0 aliphatic heterocycles. The van der Waals surface area contributed by atoms with Gasteiger partial charge in [0.25, 0.3) is 0 Å². The molecule has 0 saturated heterocycles. The van der Waals surface area contributed by atoms with Crippen LogP contribution in [0, 0.1) is 0 Å². The van der Waals surface area contributed by atoms with Gasteiger partial charge < -0.3 is 20.4 Å². The molecule has 5 heteroatoms. The number of hydrogen-bond acceptors (Lipinski definition) is 4. The summed E-state index contributed by atoms with van der Waals surface area (Å²) in [5, 5.41) is 38.1. The number of unbranched alkanes of at least 4 members (excludes halogenated alkanes) is 5. The zero-order valence-electron chi connectivity index (χ0n) is 14.1. The van der Waals surface area contributed by atoms with Crippen molar-refractivity contribution in [2.24, 2.45) is 0 Å². The molecule has 0 unspecified atom stereocenters. The Balaban J connectivity index is 3.78. The van der Waals surface area contributed by atoms with Crippen molar-refractivity contribution in [3.8, 4) is 0 Å². The summed E-state index contributed by atoms with van der Waals surface area (Å²) in [6.45, 7) is 2.15. The van der Waals surface area contributed by atoms with E-state index in [1.165, 1.54) is 18.9 Å². The highest BCUT2D eigenvalue weighted by Crippen LogP contribution is 2.14. The van der Waals surface area contributed by atoms with Gasteiger partial charge in [-0.1, -0.05) is 57.3 Å². The first-order valence-corrected chi connectivity index (χ1v) is 8.59. The molecule has 0 aromatic heterocycles. The fraction of sp³-hybridized carbons (Fsp3) is 0.722. The second-order valence-electron chi connectivity index (χ2n) is 5.88. The van der Waals surface area contributed by atoms with Gasteiger partial charge in [-0.05, 0) is 25.7 Å². The molecule has 0 aliphatic carbocycles. The first-order chi connectivity index (χ1) is 11.0. The van der Waals surface area contributed by atoms with Crippen LogP contribution in [0.25, 0.3) is 0 Å². The lowest BCUT2D eigenvalue weighted by Crippen LogP contribution is -2.37. The summed E-state index contributed by atoms with van der Waals surface area (Å²) in [6, 6.07) is 0. The second kappa shape index (κ2) is 14.4. The van der Waals surface area contributed by atoms with Crippen molar-refractivity contribution in [1.82, 2.24) is 0 Å². The quantitative estimate of drug-likeness (QED) is 0.223. The molecular weight excluding hydrogens is 296 g/mol. The van der Waals surface area contributed by atoms with Crippen LogP contribution < -0.4 is 0 Å². The maximum Gasteiger partial charge on any atom is 0.328 e. The maximum absolute atomic E-state index is 10.2. The van der Waals surface area contributed by atoms with Crippen LogP contribution in [-0.2, 0) is 4.79 Å². The summed E-state index contributed by atoms with van der Waals surface area (Å²) in [5.41, 5.74) is 0. The predicted octanol–water partition coefficient (Wildman–Crippen LogP) is 2.80. The Morgan fingerprint density at radius 2 is 1.52 bits per heavy atom. The highest BCUT2D eigenvalue weighted by molar-refractivity contribution is 5.80. The van der Waals surface area contributed by atoms with Crippen molar-refractivity contribution >= 4 is 5.97 Å². The average molecular weight is 328 g/mol. The van der Waals surface area contributed by atoms with E-state index in [4.69, 9.17) is 5.11 Å². The van der Waals surface area contributed by atoms with Gasteiger partial charge in [0.2, 0.25) is 0 Å². The zero-order valence-corrected chi connectivity index (χ0v) is 14.1. The van der Waals surface area contributed by atoms with Crippen molar-refractivity contribution in [2.75, 3.05) is 0 Å². The molecule has 3 atom stereocenters. The molecule has 0 aromatic rings. The van der Waals surface area contributed by atoms with Crippen molar-refractivity contribution in [2.45, 2.75) is 83.0 Å². The second-order valence-corrected chi connectivity index (χ2v) is 5.88. The SMILES string of the molecule is CCCCCCC[C@@H](O)[C@H](O)[C@@H](O)CCCC=CC=CC(=O)O. The van der Waals surface area contributed by atoms with Gasteiger partial charge in [0.05, 0.1) is 12.2 Å². The third-order valence-corrected chi connectivity index (χ3v) is 3.75. The molecule has 0 aromatic carbocycles. The number of carbonyl (C=O) groups is 1. The summed E-state index contributed by atoms with van der Waals surface area (Å²) in [4.78, 5) is 10.2. The standard InChI is InChI=1S/C18H32O5/c1-2-3-4-6-9-12-15(19)18(23)16(20)13-10-7-5-8-11-14-17(21)22/h5,8,11,14-16,18-20,23H,2-4,6-7,9-10,12-13H2,1H3,(H,21,22)/t15-,16+,18+/m1/s1. The highest BCUT2D eigenvalue weighted by atomic mass is 16.4. The van der Waals surface area contributed by atoms with Crippen molar-refractivity contribution < 1.29 is 25.2 Å². The topological polar surface area (TPSA) is 98.0 Å². The van der Waals surface area contributed by atoms with Gasteiger partial charge in [0, 0.05) is 6.08 Å². The monoisotopic (exact) mass is 328 g/mol. The van der Waals surface area contributed by atoms with E-state index < -0.39 is 24.3 Å². The maximum atomic E-state index is 10.2. The third kappa shape index (κ3) is 13.0. The van der Waals surface area contributed by atoms with Crippen LogP contribution in [0.4, 0.5) is 0 Å². The normalized spacial score (nSPS) is 16.0. The van der Waals surface area contributed by atoms with Gasteiger partial charge in [0.1, 0.15) is 6.10 Å². The number of aliphatic carboxylic acids is 1. The van der Waals surface area contributed by atoms with Gasteiger partial charge in [0.15, 0.2) is 0 Å². The minimum absolute atomic E-state index is 0.404. The zero-order chi connectivity index (χ0) is 17.5. The molecule has 0 rings (SSSR count). The van der Waals surface area contributed by atoms with Gasteiger partial charge in [-0.3, -0.25) is 0 Å². The Morgan fingerprint density at radius 1 is 0.913 bits per heavy atom. The molecule has 0 heterocycles. The third-order valence-electron chi connectivity index (χ3n) is 3.75. The Kier molecular flexibility index (Phi) is 13.7. The molecule has 4 N–H and O–H groups in total. The highest BCUT2D eigenvalue weighted by Gasteiger charge is 2.23. The van der Waals surface area contributed by atoms with Crippen molar-refractivity contribution in [1.29, 1.82) is 0 Å². The number of carboxylic acids is 1. The van der Waals surface area contributed by atoms with Gasteiger partial charge >= 0.3 is 5.97 Å². The predicted molar refractivity (Wildman–Crippen MR) is 91.2 cm³/mol. The van der Waals surface area contributed by atoms with E-state index >= 15 is 0 Å². The minimum atomic E-state index is -1.10. The van der Waals surface area contributed by atoms with Crippen LogP contribution in [0.2, 0.25) is 0 Å². The van der Waals surface area contributed by atoms with Crippen LogP contribution >= 0.6 is 0 Å². The Hall–Kier alpha value is -1.17. The smallest absolute Gasteiger partial charge is 0.328 e. The molecule has 0 bridgehead atoms. The lowest BCUT2D eigenvalue weighted by atomic mass is 9.98. The van der Waals surface area contributed by atoms with Crippen molar-refractivity contribution in [3.05, 3.63) is 24.3 Å². The Morgan fingerprint density at radius 3 is 2.13 bits per heavy atom. The summed E-state index contributed by atoms with van der Waals surface area (Å²) in [6.07, 6.45) is 10.7. The molecule has 23 heavy (non-hydrogen) atoms. The van der Waals surface area contributed by atoms with E-state index in [1.54, 1.807) is 6.08 Å². The van der Waals surface area contributed by atoms with Crippen molar-refractivity contribution in [3.63, 3.8) is 0 Å². The van der Waals surface area contributed by atoms with Crippen LogP contribution in [0.15, 0.2) is 24.3 Å². The summed E-state index contributed by atoms with van der Waals surface area (Å²) in [5.74, 6) is -0.989. The van der Waals surface area contributed by atoms with E-state index in [2.05, 4.69) is 6.92 Å². The van der Waals surface area contributed by atoms with Crippen LogP contribution in [0.3, 0.4) is 0 Å². The Labute approximate surface area is 139 Å². The minimum Gasteiger partial charge on any atom is -0.478 e. The summed E-state index contributed by atoms with van der Waals surface area (Å²) >= 11 is 0. The number of aliphatic hydroxyl groups excluding tert-OH is 3. The number of aliphatic hydroxyl groups is 3. The summed E-state index contributed by atoms with van der Waals surface area (Å²) < 4.78 is 0. The number of carboxylic acid groups (broad SMARTS) is 1. The van der Waals surface area contributed by atoms with Crippen LogP contribution in [-0.4, -0.2) is 44.7 Å². The molecule has 134 valence electrons. The lowest BCUT2D eigenvalue weighted by molar-refractivity contribution is -0.131. The molecule has 0 aliphatic rings. The first-order valence-electron chi connectivity index (χ1n) is 8.59. The van der Waals surface area contributed by atoms with Gasteiger partial charge in [-0.15, -0.1) is 0 Å². The average Bonchev–Trinajstić information content (AvgIpc) is 2.52. The largest absolute Gasteiger partial charge is 0.478 e. The van der Waals surface area contributed by atoms with E-state index in [9.17, 15) is 20.1 Å². The van der Waals surface area contributed by atoms with Gasteiger partial charge in [-0.2, -0.15) is 0 Å². The van der Waals surface area contributed by atoms with Crippen LogP contribution in [0.5, 0.6) is 0 Å². The first kappa shape index (κ1) is 21.8. The molecule has 0 saturated carbocycles. The number of rotatable bonds is 14. The lowest BCUT2D eigenvalue weighted by Gasteiger charge is -2.22. The summed E-state index contributed by atoms with van der Waals surface area (Å²) in [7, 11) is 0. The van der Waals surface area contributed by atoms with E-state index in [0.717, 1.165) is 25.3 Å². The molecule has 0 spiro atoms. The van der Waals surface area contributed by atoms with E-state index in [-0.39, 0.29) is 0 Å². The van der Waals surface area contributed by atoms with Gasteiger partial charge in [-0.25, -0.2) is 4.79 Å². The molecule has 0 fully saturated rings.